The molecule has 1 N–H and O–H groups in total. The molecule has 1 atom stereocenters. The van der Waals surface area contributed by atoms with E-state index in [1.807, 2.05) is 0 Å². The first-order chi connectivity index (χ1) is 9.65. The number of alkyl halides is 1. The Morgan fingerprint density at radius 1 is 1.30 bits per heavy atom. The largest absolute Gasteiger partial charge is 0.497 e. The first-order valence-electron chi connectivity index (χ1n) is 6.24. The van der Waals surface area contributed by atoms with Crippen molar-refractivity contribution in [2.24, 2.45) is 0 Å². The van der Waals surface area contributed by atoms with Crippen LogP contribution in [0.25, 0.3) is 0 Å². The Kier molecular flexibility index (Phi) is 7.40. The molecular weight excluding hydrogens is 326 g/mol. The number of hydrogen-bond donors (Lipinski definition) is 1. The third-order valence-electron chi connectivity index (χ3n) is 2.81. The predicted molar refractivity (Wildman–Crippen MR) is 81.1 cm³/mol. The highest BCUT2D eigenvalue weighted by Crippen LogP contribution is 2.24. The summed E-state index contributed by atoms with van der Waals surface area (Å²) >= 11 is 3.37. The summed E-state index contributed by atoms with van der Waals surface area (Å²) in [4.78, 5) is 12.3. The van der Waals surface area contributed by atoms with E-state index in [0.29, 0.717) is 23.7 Å². The van der Waals surface area contributed by atoms with Crippen LogP contribution in [0.1, 0.15) is 16.8 Å². The summed E-state index contributed by atoms with van der Waals surface area (Å²) in [6.07, 6.45) is 0.784. The van der Waals surface area contributed by atoms with Crippen molar-refractivity contribution in [3.8, 4) is 11.5 Å². The highest BCUT2D eigenvalue weighted by molar-refractivity contribution is 9.09. The lowest BCUT2D eigenvalue weighted by molar-refractivity contribution is 0.0892. The van der Waals surface area contributed by atoms with Crippen LogP contribution < -0.4 is 14.8 Å². The molecule has 1 aromatic rings. The smallest absolute Gasteiger partial charge is 0.255 e. The van der Waals surface area contributed by atoms with Crippen molar-refractivity contribution < 1.29 is 19.0 Å². The second-order valence-corrected chi connectivity index (χ2v) is 4.96. The fourth-order valence-electron chi connectivity index (χ4n) is 1.78. The molecule has 1 unspecified atom stereocenters. The van der Waals surface area contributed by atoms with Crippen LogP contribution in [0, 0.1) is 0 Å². The molecule has 1 aromatic carbocycles. The van der Waals surface area contributed by atoms with Gasteiger partial charge in [-0.15, -0.1) is 0 Å². The maximum absolute atomic E-state index is 12.3. The monoisotopic (exact) mass is 345 g/mol. The molecule has 0 aliphatic heterocycles. The summed E-state index contributed by atoms with van der Waals surface area (Å²) in [6, 6.07) is 5.07. The van der Waals surface area contributed by atoms with Gasteiger partial charge in [0.15, 0.2) is 0 Å². The molecule has 0 aromatic heterocycles. The molecule has 0 spiro atoms. The Hall–Kier alpha value is -1.27. The van der Waals surface area contributed by atoms with Crippen molar-refractivity contribution >= 4 is 21.8 Å². The minimum absolute atomic E-state index is 0.0530. The first kappa shape index (κ1) is 16.8. The van der Waals surface area contributed by atoms with E-state index in [4.69, 9.17) is 14.2 Å². The maximum Gasteiger partial charge on any atom is 0.255 e. The number of rotatable bonds is 8. The Balaban J connectivity index is 2.88. The molecule has 20 heavy (non-hydrogen) atoms. The van der Waals surface area contributed by atoms with Gasteiger partial charge in [-0.25, -0.2) is 0 Å². The van der Waals surface area contributed by atoms with Crippen LogP contribution in [0.5, 0.6) is 11.5 Å². The summed E-state index contributed by atoms with van der Waals surface area (Å²) in [6.45, 7) is 0.462. The van der Waals surface area contributed by atoms with Gasteiger partial charge < -0.3 is 19.5 Å². The Bertz CT molecular complexity index is 433. The Morgan fingerprint density at radius 3 is 2.60 bits per heavy atom. The normalized spacial score (nSPS) is 11.8. The van der Waals surface area contributed by atoms with Gasteiger partial charge in [-0.2, -0.15) is 0 Å². The zero-order valence-electron chi connectivity index (χ0n) is 11.9. The molecule has 0 heterocycles. The van der Waals surface area contributed by atoms with E-state index in [2.05, 4.69) is 21.2 Å². The highest BCUT2D eigenvalue weighted by atomic mass is 79.9. The summed E-state index contributed by atoms with van der Waals surface area (Å²) in [5, 5.41) is 3.72. The van der Waals surface area contributed by atoms with E-state index in [-0.39, 0.29) is 11.9 Å². The average molecular weight is 346 g/mol. The molecule has 0 saturated heterocycles. The third kappa shape index (κ3) is 4.68. The van der Waals surface area contributed by atoms with Crippen LogP contribution >= 0.6 is 15.9 Å². The molecule has 1 amide bonds. The fraction of sp³-hybridized carbons (Fsp3) is 0.500. The zero-order chi connectivity index (χ0) is 15.0. The SMILES string of the molecule is COCC(CCBr)NC(=O)c1cc(OC)ccc1OC. The van der Waals surface area contributed by atoms with Crippen molar-refractivity contribution in [2.45, 2.75) is 12.5 Å². The summed E-state index contributed by atoms with van der Waals surface area (Å²) in [5.74, 6) is 0.918. The van der Waals surface area contributed by atoms with Gasteiger partial charge in [-0.3, -0.25) is 4.79 Å². The number of halogens is 1. The van der Waals surface area contributed by atoms with Crippen LogP contribution in [0.3, 0.4) is 0 Å². The van der Waals surface area contributed by atoms with Crippen LogP contribution in [-0.4, -0.2) is 45.2 Å². The number of carbonyl (C=O) groups is 1. The Labute approximate surface area is 127 Å². The number of nitrogens with one attached hydrogen (secondary N) is 1. The second-order valence-electron chi connectivity index (χ2n) is 4.17. The minimum Gasteiger partial charge on any atom is -0.497 e. The third-order valence-corrected chi connectivity index (χ3v) is 3.27. The maximum atomic E-state index is 12.3. The number of benzene rings is 1. The van der Waals surface area contributed by atoms with Gasteiger partial charge in [0, 0.05) is 12.4 Å². The molecule has 0 aliphatic rings. The molecule has 112 valence electrons. The standard InChI is InChI=1S/C14H20BrNO4/c1-18-9-10(6-7-15)16-14(17)12-8-11(19-2)4-5-13(12)20-3/h4-5,8,10H,6-7,9H2,1-3H3,(H,16,17). The molecule has 0 bridgehead atoms. The number of carbonyl (C=O) groups excluding carboxylic acids is 1. The molecule has 1 rings (SSSR count). The van der Waals surface area contributed by atoms with Crippen molar-refractivity contribution in [1.82, 2.24) is 5.32 Å². The van der Waals surface area contributed by atoms with Crippen molar-refractivity contribution in [2.75, 3.05) is 33.3 Å². The number of hydrogen-bond acceptors (Lipinski definition) is 4. The predicted octanol–water partition coefficient (Wildman–Crippen LogP) is 2.23. The molecular formula is C14H20BrNO4. The van der Waals surface area contributed by atoms with Gasteiger partial charge in [0.1, 0.15) is 11.5 Å². The molecule has 6 heteroatoms. The van der Waals surface area contributed by atoms with Crippen LogP contribution in [-0.2, 0) is 4.74 Å². The van der Waals surface area contributed by atoms with Crippen molar-refractivity contribution in [1.29, 1.82) is 0 Å². The molecule has 0 radical (unpaired) electrons. The lowest BCUT2D eigenvalue weighted by Crippen LogP contribution is -2.38. The summed E-state index contributed by atoms with van der Waals surface area (Å²) < 4.78 is 15.5. The molecule has 5 nitrogen and oxygen atoms in total. The highest BCUT2D eigenvalue weighted by Gasteiger charge is 2.17. The lowest BCUT2D eigenvalue weighted by Gasteiger charge is -2.18. The van der Waals surface area contributed by atoms with E-state index in [0.717, 1.165) is 11.8 Å². The van der Waals surface area contributed by atoms with Crippen molar-refractivity contribution in [3.63, 3.8) is 0 Å². The fourth-order valence-corrected chi connectivity index (χ4v) is 2.34. The van der Waals surface area contributed by atoms with Gasteiger partial charge in [0.05, 0.1) is 32.4 Å². The second kappa shape index (κ2) is 8.81. The van der Waals surface area contributed by atoms with E-state index in [1.54, 1.807) is 32.4 Å². The van der Waals surface area contributed by atoms with Crippen LogP contribution in [0.4, 0.5) is 0 Å². The van der Waals surface area contributed by atoms with E-state index >= 15 is 0 Å². The van der Waals surface area contributed by atoms with Gasteiger partial charge in [-0.1, -0.05) is 15.9 Å². The van der Waals surface area contributed by atoms with E-state index in [9.17, 15) is 4.79 Å². The minimum atomic E-state index is -0.205. The van der Waals surface area contributed by atoms with E-state index in [1.165, 1.54) is 7.11 Å². The van der Waals surface area contributed by atoms with Crippen LogP contribution in [0.15, 0.2) is 18.2 Å². The summed E-state index contributed by atoms with van der Waals surface area (Å²) in [7, 11) is 4.70. The quantitative estimate of drug-likeness (QED) is 0.734. The first-order valence-corrected chi connectivity index (χ1v) is 7.36. The van der Waals surface area contributed by atoms with Crippen molar-refractivity contribution in [3.05, 3.63) is 23.8 Å². The Morgan fingerprint density at radius 2 is 2.05 bits per heavy atom. The van der Waals surface area contributed by atoms with Gasteiger partial charge in [0.25, 0.3) is 5.91 Å². The number of ether oxygens (including phenoxy) is 3. The molecule has 0 fully saturated rings. The zero-order valence-corrected chi connectivity index (χ0v) is 13.5. The van der Waals surface area contributed by atoms with Crippen LogP contribution in [0.2, 0.25) is 0 Å². The summed E-state index contributed by atoms with van der Waals surface area (Å²) in [5.41, 5.74) is 0.447. The van der Waals surface area contributed by atoms with Gasteiger partial charge in [-0.05, 0) is 24.6 Å². The van der Waals surface area contributed by atoms with Gasteiger partial charge >= 0.3 is 0 Å². The lowest BCUT2D eigenvalue weighted by atomic mass is 10.1. The molecule has 0 saturated carbocycles. The topological polar surface area (TPSA) is 56.8 Å². The average Bonchev–Trinajstić information content (AvgIpc) is 2.47. The van der Waals surface area contributed by atoms with Gasteiger partial charge in [0.2, 0.25) is 0 Å². The van der Waals surface area contributed by atoms with E-state index < -0.39 is 0 Å². The number of methoxy groups -OCH3 is 3. The molecule has 0 aliphatic carbocycles. The number of amides is 1.